The van der Waals surface area contributed by atoms with E-state index in [-0.39, 0.29) is 5.91 Å². The Morgan fingerprint density at radius 3 is 1.75 bits per heavy atom. The molecule has 1 heterocycles. The highest BCUT2D eigenvalue weighted by Crippen LogP contribution is 2.14. The van der Waals surface area contributed by atoms with Crippen molar-refractivity contribution in [2.75, 3.05) is 52.2 Å². The second-order valence-corrected chi connectivity index (χ2v) is 7.31. The summed E-state index contributed by atoms with van der Waals surface area (Å²) >= 11 is 0. The zero-order valence-corrected chi connectivity index (χ0v) is 14.2. The number of carbonyl (C=O) groups excluding carboxylic acids is 1. The van der Waals surface area contributed by atoms with Gasteiger partial charge in [-0.1, -0.05) is 0 Å². The van der Waals surface area contributed by atoms with E-state index in [1.807, 2.05) is 25.7 Å². The fraction of sp³-hybridized carbons (Fsp3) is 0.923. The van der Waals surface area contributed by atoms with Crippen LogP contribution >= 0.6 is 0 Å². The number of nitrogens with zero attached hydrogens (tertiary/aromatic N) is 2. The molecule has 0 saturated carbocycles. The molecule has 0 bridgehead atoms. The molecule has 1 aliphatic heterocycles. The van der Waals surface area contributed by atoms with Crippen molar-refractivity contribution in [1.29, 1.82) is 0 Å². The monoisotopic (exact) mass is 304 g/mol. The summed E-state index contributed by atoms with van der Waals surface area (Å²) in [5.74, 6) is 0.146. The van der Waals surface area contributed by atoms with Crippen molar-refractivity contribution in [1.82, 2.24) is 9.80 Å². The summed E-state index contributed by atoms with van der Waals surface area (Å²) in [6, 6.07) is 0. The number of amides is 1. The molecular weight excluding hydrogens is 276 g/mol. The van der Waals surface area contributed by atoms with Crippen LogP contribution in [0.5, 0.6) is 0 Å². The largest absolute Gasteiger partial charge is 0.515 e. The fourth-order valence-electron chi connectivity index (χ4n) is 2.42. The Morgan fingerprint density at radius 2 is 1.40 bits per heavy atom. The fourth-order valence-corrected chi connectivity index (χ4v) is 5.12. The summed E-state index contributed by atoms with van der Waals surface area (Å²) in [7, 11) is -2.61. The van der Waals surface area contributed by atoms with Gasteiger partial charge in [-0.3, -0.25) is 9.69 Å². The van der Waals surface area contributed by atoms with E-state index in [0.717, 1.165) is 26.2 Å². The molecule has 1 fully saturated rings. The lowest BCUT2D eigenvalue weighted by molar-refractivity contribution is -0.130. The first-order chi connectivity index (χ1) is 9.56. The number of hydrogen-bond donors (Lipinski definition) is 0. The number of carbonyl (C=O) groups is 1. The highest BCUT2D eigenvalue weighted by Gasteiger charge is 2.43. The van der Waals surface area contributed by atoms with E-state index in [1.165, 1.54) is 0 Å². The predicted octanol–water partition coefficient (Wildman–Crippen LogP) is 0.738. The molecule has 0 aromatic rings. The lowest BCUT2D eigenvalue weighted by Gasteiger charge is -2.38. The van der Waals surface area contributed by atoms with Crippen LogP contribution in [0.1, 0.15) is 27.7 Å². The molecule has 0 radical (unpaired) electrons. The lowest BCUT2D eigenvalue weighted by Crippen LogP contribution is -2.59. The van der Waals surface area contributed by atoms with E-state index >= 15 is 0 Å². The molecule has 0 spiro atoms. The lowest BCUT2D eigenvalue weighted by atomic mass is 10.3. The van der Waals surface area contributed by atoms with Crippen LogP contribution in [0.4, 0.5) is 0 Å². The summed E-state index contributed by atoms with van der Waals surface area (Å²) in [6.07, 6.45) is 0.703. The van der Waals surface area contributed by atoms with Crippen LogP contribution in [0.25, 0.3) is 0 Å². The summed E-state index contributed by atoms with van der Waals surface area (Å²) in [5, 5.41) is 0. The van der Waals surface area contributed by atoms with E-state index in [9.17, 15) is 4.79 Å². The van der Waals surface area contributed by atoms with Crippen LogP contribution in [-0.4, -0.2) is 76.7 Å². The Morgan fingerprint density at radius 1 is 0.950 bits per heavy atom. The van der Waals surface area contributed by atoms with Crippen molar-refractivity contribution < 1.29 is 18.1 Å². The van der Waals surface area contributed by atoms with Crippen molar-refractivity contribution in [3.8, 4) is 0 Å². The highest BCUT2D eigenvalue weighted by molar-refractivity contribution is 6.60. The number of rotatable bonds is 8. The number of piperazine rings is 1. The van der Waals surface area contributed by atoms with Crippen LogP contribution in [0, 0.1) is 0 Å². The van der Waals surface area contributed by atoms with Gasteiger partial charge in [-0.25, -0.2) is 0 Å². The first kappa shape index (κ1) is 17.6. The maximum atomic E-state index is 11.3. The van der Waals surface area contributed by atoms with E-state index < -0.39 is 8.80 Å². The predicted molar refractivity (Wildman–Crippen MR) is 79.3 cm³/mol. The van der Waals surface area contributed by atoms with Crippen LogP contribution < -0.4 is 0 Å². The first-order valence-electron chi connectivity index (χ1n) is 7.46. The van der Waals surface area contributed by atoms with Crippen molar-refractivity contribution in [3.63, 3.8) is 0 Å². The van der Waals surface area contributed by atoms with Gasteiger partial charge in [0.2, 0.25) is 5.91 Å². The molecule has 1 amide bonds. The minimum absolute atomic E-state index is 0.146. The minimum atomic E-state index is -2.61. The molecule has 1 saturated heterocycles. The van der Waals surface area contributed by atoms with Gasteiger partial charge in [0, 0.05) is 52.9 Å². The van der Waals surface area contributed by atoms with Gasteiger partial charge in [-0.15, -0.1) is 0 Å². The van der Waals surface area contributed by atoms with E-state index in [2.05, 4.69) is 4.90 Å². The van der Waals surface area contributed by atoms with Crippen molar-refractivity contribution >= 4 is 14.7 Å². The van der Waals surface area contributed by atoms with Gasteiger partial charge < -0.3 is 18.2 Å². The van der Waals surface area contributed by atoms with Gasteiger partial charge in [-0.05, 0) is 20.8 Å². The van der Waals surface area contributed by atoms with Gasteiger partial charge >= 0.3 is 8.80 Å². The Bertz CT molecular complexity index is 279. The quantitative estimate of drug-likeness (QED) is 0.619. The SMILES string of the molecule is CCO[Si](CN1CCN(C(C)=O)CC1)(OCC)OCC. The standard InChI is InChI=1S/C13H28N2O4Si/c1-5-17-20(18-6-2,19-7-3)12-14-8-10-15(11-9-14)13(4)16/h5-12H2,1-4H3. The van der Waals surface area contributed by atoms with Crippen molar-refractivity contribution in [2.24, 2.45) is 0 Å². The van der Waals surface area contributed by atoms with Crippen LogP contribution in [0.3, 0.4) is 0 Å². The third kappa shape index (κ3) is 5.14. The second kappa shape index (κ2) is 8.73. The molecule has 118 valence electrons. The molecule has 1 rings (SSSR count). The summed E-state index contributed by atoms with van der Waals surface area (Å²) in [4.78, 5) is 15.5. The summed E-state index contributed by atoms with van der Waals surface area (Å²) < 4.78 is 17.6. The molecule has 7 heteroatoms. The van der Waals surface area contributed by atoms with Crippen LogP contribution in [-0.2, 0) is 18.1 Å². The highest BCUT2D eigenvalue weighted by atomic mass is 28.4. The smallest absolute Gasteiger partial charge is 0.373 e. The average molecular weight is 304 g/mol. The van der Waals surface area contributed by atoms with Gasteiger partial charge in [0.15, 0.2) is 0 Å². The molecule has 1 aliphatic rings. The van der Waals surface area contributed by atoms with Crippen LogP contribution in [0.15, 0.2) is 0 Å². The van der Waals surface area contributed by atoms with Crippen LogP contribution in [0.2, 0.25) is 0 Å². The zero-order valence-electron chi connectivity index (χ0n) is 13.2. The van der Waals surface area contributed by atoms with Gasteiger partial charge in [-0.2, -0.15) is 0 Å². The third-order valence-electron chi connectivity index (χ3n) is 3.33. The molecular formula is C13H28N2O4Si. The maximum Gasteiger partial charge on any atom is 0.515 e. The molecule has 0 unspecified atom stereocenters. The van der Waals surface area contributed by atoms with E-state index in [0.29, 0.717) is 26.0 Å². The minimum Gasteiger partial charge on any atom is -0.373 e. The Balaban J connectivity index is 2.58. The average Bonchev–Trinajstić information content (AvgIpc) is 2.40. The van der Waals surface area contributed by atoms with Gasteiger partial charge in [0.25, 0.3) is 0 Å². The zero-order chi connectivity index (χ0) is 15.0. The first-order valence-corrected chi connectivity index (χ1v) is 9.39. The Hall–Kier alpha value is -0.473. The molecule has 20 heavy (non-hydrogen) atoms. The van der Waals surface area contributed by atoms with Gasteiger partial charge in [0.1, 0.15) is 0 Å². The molecule has 0 aromatic carbocycles. The molecule has 6 nitrogen and oxygen atoms in total. The Labute approximate surface area is 123 Å². The van der Waals surface area contributed by atoms with Crippen molar-refractivity contribution in [3.05, 3.63) is 0 Å². The summed E-state index contributed by atoms with van der Waals surface area (Å²) in [5.41, 5.74) is 0. The van der Waals surface area contributed by atoms with Gasteiger partial charge in [0.05, 0.1) is 6.17 Å². The molecule has 0 atom stereocenters. The van der Waals surface area contributed by atoms with E-state index in [4.69, 9.17) is 13.3 Å². The Kier molecular flexibility index (Phi) is 7.68. The van der Waals surface area contributed by atoms with Crippen molar-refractivity contribution in [2.45, 2.75) is 27.7 Å². The number of hydrogen-bond acceptors (Lipinski definition) is 5. The summed E-state index contributed by atoms with van der Waals surface area (Å²) in [6.45, 7) is 12.5. The maximum absolute atomic E-state index is 11.3. The molecule has 0 aliphatic carbocycles. The normalized spacial score (nSPS) is 17.5. The third-order valence-corrected chi connectivity index (χ3v) is 6.35. The molecule has 0 N–H and O–H groups in total. The topological polar surface area (TPSA) is 51.2 Å². The van der Waals surface area contributed by atoms with E-state index in [1.54, 1.807) is 6.92 Å². The second-order valence-electron chi connectivity index (χ2n) is 4.76. The molecule has 0 aromatic heterocycles.